The molecule has 0 aromatic heterocycles. The first-order valence-electron chi connectivity index (χ1n) is 6.38. The number of nitriles is 1. The molecule has 0 N–H and O–H groups in total. The molecule has 1 amide bonds. The second-order valence-corrected chi connectivity index (χ2v) is 4.47. The van der Waals surface area contributed by atoms with E-state index in [2.05, 4.69) is 6.07 Å². The number of anilines is 1. The Morgan fingerprint density at radius 3 is 2.53 bits per heavy atom. The van der Waals surface area contributed by atoms with Gasteiger partial charge in [0, 0.05) is 18.8 Å². The molecule has 1 aromatic rings. The Bertz CT molecular complexity index is 487. The topological polar surface area (TPSA) is 53.3 Å². The largest absolute Gasteiger partial charge is 0.497 e. The first-order valence-corrected chi connectivity index (χ1v) is 6.38. The Morgan fingerprint density at radius 2 is 2.05 bits per heavy atom. The molecule has 19 heavy (non-hydrogen) atoms. The molecule has 0 heterocycles. The molecule has 0 unspecified atom stereocenters. The van der Waals surface area contributed by atoms with Crippen molar-refractivity contribution < 1.29 is 9.53 Å². The zero-order chi connectivity index (χ0) is 14.5. The summed E-state index contributed by atoms with van der Waals surface area (Å²) in [7, 11) is 3.27. The lowest BCUT2D eigenvalue weighted by atomic mass is 9.82. The van der Waals surface area contributed by atoms with Gasteiger partial charge in [-0.05, 0) is 25.0 Å². The molecule has 0 saturated carbocycles. The van der Waals surface area contributed by atoms with Crippen molar-refractivity contribution in [2.45, 2.75) is 26.7 Å². The molecular weight excluding hydrogens is 240 g/mol. The van der Waals surface area contributed by atoms with Gasteiger partial charge in [-0.15, -0.1) is 0 Å². The van der Waals surface area contributed by atoms with Gasteiger partial charge in [0.2, 0.25) is 5.91 Å². The van der Waals surface area contributed by atoms with E-state index in [1.54, 1.807) is 20.2 Å². The summed E-state index contributed by atoms with van der Waals surface area (Å²) in [5.41, 5.74) is -0.219. The van der Waals surface area contributed by atoms with E-state index in [0.29, 0.717) is 18.6 Å². The van der Waals surface area contributed by atoms with E-state index in [1.165, 1.54) is 4.90 Å². The number of benzene rings is 1. The third-order valence-electron chi connectivity index (χ3n) is 3.58. The van der Waals surface area contributed by atoms with Gasteiger partial charge in [-0.2, -0.15) is 5.26 Å². The normalized spacial score (nSPS) is 10.7. The summed E-state index contributed by atoms with van der Waals surface area (Å²) >= 11 is 0. The van der Waals surface area contributed by atoms with Crippen LogP contribution in [-0.4, -0.2) is 20.1 Å². The van der Waals surface area contributed by atoms with Gasteiger partial charge in [0.1, 0.15) is 11.2 Å². The summed E-state index contributed by atoms with van der Waals surface area (Å²) in [4.78, 5) is 14.0. The van der Waals surface area contributed by atoms with Crippen LogP contribution in [0.25, 0.3) is 0 Å². The SMILES string of the molecule is CCC(C#N)(CC)C(=O)N(C)c1cccc(OC)c1. The molecule has 0 aliphatic carbocycles. The van der Waals surface area contributed by atoms with Gasteiger partial charge in [0.25, 0.3) is 0 Å². The first kappa shape index (κ1) is 15.0. The van der Waals surface area contributed by atoms with E-state index < -0.39 is 5.41 Å². The van der Waals surface area contributed by atoms with Gasteiger partial charge in [-0.3, -0.25) is 4.79 Å². The minimum atomic E-state index is -0.947. The van der Waals surface area contributed by atoms with E-state index in [1.807, 2.05) is 32.0 Å². The first-order chi connectivity index (χ1) is 9.04. The molecular formula is C15H20N2O2. The number of rotatable bonds is 5. The quantitative estimate of drug-likeness (QED) is 0.817. The standard InChI is InChI=1S/C15H20N2O2/c1-5-15(6-2,11-16)14(18)17(3)12-8-7-9-13(10-12)19-4/h7-10H,5-6H2,1-4H3. The number of amides is 1. The number of carbonyl (C=O) groups excluding carboxylic acids is 1. The molecule has 102 valence electrons. The lowest BCUT2D eigenvalue weighted by Crippen LogP contribution is -2.40. The number of hydrogen-bond donors (Lipinski definition) is 0. The van der Waals surface area contributed by atoms with E-state index in [4.69, 9.17) is 4.74 Å². The Kier molecular flexibility index (Phi) is 4.94. The van der Waals surface area contributed by atoms with Crippen LogP contribution >= 0.6 is 0 Å². The van der Waals surface area contributed by atoms with E-state index >= 15 is 0 Å². The van der Waals surface area contributed by atoms with Crippen LogP contribution in [-0.2, 0) is 4.79 Å². The fourth-order valence-electron chi connectivity index (χ4n) is 2.02. The smallest absolute Gasteiger partial charge is 0.247 e. The van der Waals surface area contributed by atoms with Crippen molar-refractivity contribution in [2.75, 3.05) is 19.1 Å². The van der Waals surface area contributed by atoms with Crippen molar-refractivity contribution in [3.05, 3.63) is 24.3 Å². The molecule has 1 rings (SSSR count). The van der Waals surface area contributed by atoms with Crippen molar-refractivity contribution in [1.82, 2.24) is 0 Å². The summed E-state index contributed by atoms with van der Waals surface area (Å²) in [6.07, 6.45) is 1.01. The highest BCUT2D eigenvalue weighted by atomic mass is 16.5. The van der Waals surface area contributed by atoms with Gasteiger partial charge >= 0.3 is 0 Å². The minimum absolute atomic E-state index is 0.173. The molecule has 0 radical (unpaired) electrons. The molecule has 0 atom stereocenters. The average molecular weight is 260 g/mol. The summed E-state index contributed by atoms with van der Waals surface area (Å²) in [5.74, 6) is 0.515. The highest BCUT2D eigenvalue weighted by molar-refractivity contribution is 5.99. The fourth-order valence-corrected chi connectivity index (χ4v) is 2.02. The Balaban J connectivity index is 3.08. The summed E-state index contributed by atoms with van der Waals surface area (Å²) in [6, 6.07) is 9.42. The zero-order valence-electron chi connectivity index (χ0n) is 11.9. The van der Waals surface area contributed by atoms with Crippen molar-refractivity contribution >= 4 is 11.6 Å². The van der Waals surface area contributed by atoms with Gasteiger partial charge < -0.3 is 9.64 Å². The molecule has 0 saturated heterocycles. The lowest BCUT2D eigenvalue weighted by molar-refractivity contribution is -0.125. The Labute approximate surface area is 114 Å². The van der Waals surface area contributed by atoms with Crippen LogP contribution < -0.4 is 9.64 Å². The summed E-state index contributed by atoms with van der Waals surface area (Å²) < 4.78 is 5.15. The molecule has 0 aliphatic heterocycles. The van der Waals surface area contributed by atoms with Crippen LogP contribution in [0.2, 0.25) is 0 Å². The maximum Gasteiger partial charge on any atom is 0.247 e. The van der Waals surface area contributed by atoms with Crippen LogP contribution in [0.5, 0.6) is 5.75 Å². The zero-order valence-corrected chi connectivity index (χ0v) is 11.9. The molecule has 4 nitrogen and oxygen atoms in total. The summed E-state index contributed by atoms with van der Waals surface area (Å²) in [5, 5.41) is 9.32. The molecule has 0 spiro atoms. The molecule has 0 bridgehead atoms. The van der Waals surface area contributed by atoms with Gasteiger partial charge in [0.05, 0.1) is 13.2 Å². The fraction of sp³-hybridized carbons (Fsp3) is 0.467. The predicted octanol–water partition coefficient (Wildman–Crippen LogP) is 2.99. The third kappa shape index (κ3) is 2.87. The second kappa shape index (κ2) is 6.24. The monoisotopic (exact) mass is 260 g/mol. The van der Waals surface area contributed by atoms with Crippen molar-refractivity contribution in [3.8, 4) is 11.8 Å². The average Bonchev–Trinajstić information content (AvgIpc) is 2.48. The van der Waals surface area contributed by atoms with Crippen LogP contribution in [0.3, 0.4) is 0 Å². The van der Waals surface area contributed by atoms with Crippen LogP contribution in [0.4, 0.5) is 5.69 Å². The van der Waals surface area contributed by atoms with E-state index in [0.717, 1.165) is 5.69 Å². The summed E-state index contributed by atoms with van der Waals surface area (Å²) in [6.45, 7) is 3.73. The Morgan fingerprint density at radius 1 is 1.42 bits per heavy atom. The van der Waals surface area contributed by atoms with Crippen LogP contribution in [0.1, 0.15) is 26.7 Å². The maximum absolute atomic E-state index is 12.5. The Hall–Kier alpha value is -2.02. The maximum atomic E-state index is 12.5. The molecule has 0 aliphatic rings. The molecule has 0 fully saturated rings. The number of ether oxygens (including phenoxy) is 1. The van der Waals surface area contributed by atoms with Gasteiger partial charge in [-0.25, -0.2) is 0 Å². The van der Waals surface area contributed by atoms with Crippen LogP contribution in [0, 0.1) is 16.7 Å². The second-order valence-electron chi connectivity index (χ2n) is 4.47. The lowest BCUT2D eigenvalue weighted by Gasteiger charge is -2.28. The number of methoxy groups -OCH3 is 1. The third-order valence-corrected chi connectivity index (χ3v) is 3.58. The van der Waals surface area contributed by atoms with Crippen LogP contribution in [0.15, 0.2) is 24.3 Å². The van der Waals surface area contributed by atoms with Crippen molar-refractivity contribution in [3.63, 3.8) is 0 Å². The number of nitrogens with zero attached hydrogens (tertiary/aromatic N) is 2. The highest BCUT2D eigenvalue weighted by Gasteiger charge is 2.37. The predicted molar refractivity (Wildman–Crippen MR) is 75.0 cm³/mol. The van der Waals surface area contributed by atoms with Gasteiger partial charge in [-0.1, -0.05) is 19.9 Å². The van der Waals surface area contributed by atoms with Crippen molar-refractivity contribution in [2.24, 2.45) is 5.41 Å². The number of carbonyl (C=O) groups is 1. The van der Waals surface area contributed by atoms with E-state index in [9.17, 15) is 10.1 Å². The molecule has 1 aromatic carbocycles. The van der Waals surface area contributed by atoms with Gasteiger partial charge in [0.15, 0.2) is 0 Å². The minimum Gasteiger partial charge on any atom is -0.497 e. The van der Waals surface area contributed by atoms with E-state index in [-0.39, 0.29) is 5.91 Å². The molecule has 4 heteroatoms. The van der Waals surface area contributed by atoms with Crippen molar-refractivity contribution in [1.29, 1.82) is 5.26 Å². The number of hydrogen-bond acceptors (Lipinski definition) is 3. The highest BCUT2D eigenvalue weighted by Crippen LogP contribution is 2.30.